The van der Waals surface area contributed by atoms with Gasteiger partial charge in [-0.25, -0.2) is 0 Å². The Labute approximate surface area is 86.1 Å². The van der Waals surface area contributed by atoms with Crippen molar-refractivity contribution in [2.75, 3.05) is 14.1 Å². The molecule has 0 fully saturated rings. The predicted molar refractivity (Wildman–Crippen MR) is 58.1 cm³/mol. The summed E-state index contributed by atoms with van der Waals surface area (Å²) in [6.45, 7) is 6.13. The van der Waals surface area contributed by atoms with Crippen molar-refractivity contribution in [3.05, 3.63) is 23.7 Å². The third-order valence-electron chi connectivity index (χ3n) is 2.48. The van der Waals surface area contributed by atoms with Crippen LogP contribution in [0.25, 0.3) is 0 Å². The Kier molecular flexibility index (Phi) is 4.17. The molecule has 1 aromatic rings. The van der Waals surface area contributed by atoms with Crippen molar-refractivity contribution in [2.24, 2.45) is 0 Å². The van der Waals surface area contributed by atoms with E-state index in [4.69, 9.17) is 4.42 Å². The van der Waals surface area contributed by atoms with Crippen LogP contribution in [0.15, 0.2) is 16.7 Å². The number of rotatable bonds is 5. The highest BCUT2D eigenvalue weighted by Gasteiger charge is 2.09. The number of nitrogens with zero attached hydrogens (tertiary/aromatic N) is 1. The molecule has 0 aliphatic heterocycles. The van der Waals surface area contributed by atoms with E-state index in [1.165, 1.54) is 5.56 Å². The van der Waals surface area contributed by atoms with Crippen molar-refractivity contribution in [2.45, 2.75) is 33.0 Å². The first-order valence-electron chi connectivity index (χ1n) is 5.05. The van der Waals surface area contributed by atoms with E-state index in [0.29, 0.717) is 6.04 Å². The zero-order valence-corrected chi connectivity index (χ0v) is 9.50. The molecule has 3 nitrogen and oxygen atoms in total. The van der Waals surface area contributed by atoms with Crippen LogP contribution in [0.5, 0.6) is 0 Å². The van der Waals surface area contributed by atoms with Crippen LogP contribution >= 0.6 is 0 Å². The fourth-order valence-electron chi connectivity index (χ4n) is 1.27. The molecule has 1 aromatic heterocycles. The van der Waals surface area contributed by atoms with Gasteiger partial charge in [-0.05, 0) is 34.0 Å². The highest BCUT2D eigenvalue weighted by atomic mass is 16.3. The van der Waals surface area contributed by atoms with Crippen LogP contribution in [-0.2, 0) is 13.1 Å². The van der Waals surface area contributed by atoms with Crippen LogP contribution in [0, 0.1) is 0 Å². The molecule has 3 heteroatoms. The van der Waals surface area contributed by atoms with E-state index < -0.39 is 0 Å². The van der Waals surface area contributed by atoms with Gasteiger partial charge >= 0.3 is 0 Å². The van der Waals surface area contributed by atoms with E-state index in [0.717, 1.165) is 18.8 Å². The summed E-state index contributed by atoms with van der Waals surface area (Å²) >= 11 is 0. The van der Waals surface area contributed by atoms with E-state index >= 15 is 0 Å². The Morgan fingerprint density at radius 3 is 2.79 bits per heavy atom. The van der Waals surface area contributed by atoms with Crippen LogP contribution in [0.1, 0.15) is 25.2 Å². The molecule has 0 saturated carbocycles. The van der Waals surface area contributed by atoms with Crippen molar-refractivity contribution in [1.82, 2.24) is 10.2 Å². The molecule has 1 heterocycles. The largest absolute Gasteiger partial charge is 0.468 e. The van der Waals surface area contributed by atoms with Crippen LogP contribution in [0.3, 0.4) is 0 Å². The minimum absolute atomic E-state index is 0.562. The summed E-state index contributed by atoms with van der Waals surface area (Å²) in [5, 5.41) is 3.10. The molecular formula is C11H20N2O. The molecule has 14 heavy (non-hydrogen) atoms. The lowest BCUT2D eigenvalue weighted by Gasteiger charge is -2.20. The zero-order chi connectivity index (χ0) is 10.6. The summed E-state index contributed by atoms with van der Waals surface area (Å²) in [7, 11) is 4.05. The Balaban J connectivity index is 2.61. The molecule has 1 rings (SSSR count). The summed E-state index contributed by atoms with van der Waals surface area (Å²) < 4.78 is 5.40. The average molecular weight is 196 g/mol. The lowest BCUT2D eigenvalue weighted by atomic mass is 10.2. The predicted octanol–water partition coefficient (Wildman–Crippen LogP) is 1.84. The fraction of sp³-hybridized carbons (Fsp3) is 0.636. The average Bonchev–Trinajstić information content (AvgIpc) is 2.53. The van der Waals surface area contributed by atoms with Gasteiger partial charge < -0.3 is 9.73 Å². The maximum Gasteiger partial charge on any atom is 0.122 e. The zero-order valence-electron chi connectivity index (χ0n) is 9.50. The highest BCUT2D eigenvalue weighted by molar-refractivity contribution is 5.16. The molecule has 0 aliphatic carbocycles. The van der Waals surface area contributed by atoms with Crippen molar-refractivity contribution < 1.29 is 4.42 Å². The quantitative estimate of drug-likeness (QED) is 0.779. The van der Waals surface area contributed by atoms with Gasteiger partial charge in [-0.1, -0.05) is 0 Å². The third kappa shape index (κ3) is 2.86. The molecular weight excluding hydrogens is 176 g/mol. The Hall–Kier alpha value is -0.800. The van der Waals surface area contributed by atoms with E-state index in [1.807, 2.05) is 13.1 Å². The number of nitrogens with one attached hydrogen (secondary N) is 1. The van der Waals surface area contributed by atoms with Gasteiger partial charge in [-0.2, -0.15) is 0 Å². The van der Waals surface area contributed by atoms with E-state index in [9.17, 15) is 0 Å². The molecule has 0 bridgehead atoms. The first kappa shape index (κ1) is 11.3. The van der Waals surface area contributed by atoms with Crippen molar-refractivity contribution in [3.8, 4) is 0 Å². The Morgan fingerprint density at radius 1 is 1.50 bits per heavy atom. The molecule has 0 atom stereocenters. The Morgan fingerprint density at radius 2 is 2.21 bits per heavy atom. The molecule has 0 aromatic carbocycles. The first-order valence-corrected chi connectivity index (χ1v) is 5.05. The SMILES string of the molecule is CNCc1occc1CN(C)C(C)C. The number of furan rings is 1. The second-order valence-electron chi connectivity index (χ2n) is 3.91. The summed E-state index contributed by atoms with van der Waals surface area (Å²) in [4.78, 5) is 2.30. The minimum atomic E-state index is 0.562. The van der Waals surface area contributed by atoms with Gasteiger partial charge in [0.25, 0.3) is 0 Å². The second kappa shape index (κ2) is 5.17. The molecule has 0 saturated heterocycles. The fourth-order valence-corrected chi connectivity index (χ4v) is 1.27. The minimum Gasteiger partial charge on any atom is -0.468 e. The monoisotopic (exact) mass is 196 g/mol. The topological polar surface area (TPSA) is 28.4 Å². The summed E-state index contributed by atoms with van der Waals surface area (Å²) in [5.74, 6) is 1.04. The normalized spacial score (nSPS) is 11.6. The highest BCUT2D eigenvalue weighted by Crippen LogP contribution is 2.13. The lowest BCUT2D eigenvalue weighted by Crippen LogP contribution is -2.26. The van der Waals surface area contributed by atoms with Gasteiger partial charge in [0, 0.05) is 18.2 Å². The van der Waals surface area contributed by atoms with E-state index in [-0.39, 0.29) is 0 Å². The number of hydrogen-bond acceptors (Lipinski definition) is 3. The standard InChI is InChI=1S/C11H20N2O/c1-9(2)13(4)8-10-5-6-14-11(10)7-12-3/h5-6,9,12H,7-8H2,1-4H3. The summed E-state index contributed by atoms with van der Waals surface area (Å²) in [5.41, 5.74) is 1.27. The van der Waals surface area contributed by atoms with Gasteiger partial charge in [-0.15, -0.1) is 0 Å². The molecule has 0 radical (unpaired) electrons. The lowest BCUT2D eigenvalue weighted by molar-refractivity contribution is 0.263. The van der Waals surface area contributed by atoms with Crippen LogP contribution in [0.4, 0.5) is 0 Å². The van der Waals surface area contributed by atoms with Gasteiger partial charge in [-0.3, -0.25) is 4.90 Å². The molecule has 0 unspecified atom stereocenters. The maximum absolute atomic E-state index is 5.40. The van der Waals surface area contributed by atoms with Crippen molar-refractivity contribution in [3.63, 3.8) is 0 Å². The van der Waals surface area contributed by atoms with Crippen LogP contribution in [-0.4, -0.2) is 25.0 Å². The molecule has 80 valence electrons. The third-order valence-corrected chi connectivity index (χ3v) is 2.48. The van der Waals surface area contributed by atoms with E-state index in [2.05, 4.69) is 31.1 Å². The Bertz CT molecular complexity index is 268. The van der Waals surface area contributed by atoms with Crippen molar-refractivity contribution >= 4 is 0 Å². The van der Waals surface area contributed by atoms with Gasteiger partial charge in [0.05, 0.1) is 12.8 Å². The van der Waals surface area contributed by atoms with Gasteiger partial charge in [0.1, 0.15) is 5.76 Å². The first-order chi connectivity index (χ1) is 6.65. The smallest absolute Gasteiger partial charge is 0.122 e. The van der Waals surface area contributed by atoms with Gasteiger partial charge in [0.15, 0.2) is 0 Å². The second-order valence-corrected chi connectivity index (χ2v) is 3.91. The molecule has 0 aliphatic rings. The van der Waals surface area contributed by atoms with Crippen LogP contribution < -0.4 is 5.32 Å². The summed E-state index contributed by atoms with van der Waals surface area (Å²) in [6, 6.07) is 2.61. The number of hydrogen-bond donors (Lipinski definition) is 1. The summed E-state index contributed by atoms with van der Waals surface area (Å²) in [6.07, 6.45) is 1.76. The molecule has 1 N–H and O–H groups in total. The van der Waals surface area contributed by atoms with Crippen LogP contribution in [0.2, 0.25) is 0 Å². The van der Waals surface area contributed by atoms with E-state index in [1.54, 1.807) is 6.26 Å². The maximum atomic E-state index is 5.40. The van der Waals surface area contributed by atoms with Gasteiger partial charge in [0.2, 0.25) is 0 Å². The molecule has 0 amide bonds. The molecule has 0 spiro atoms. The van der Waals surface area contributed by atoms with Crippen molar-refractivity contribution in [1.29, 1.82) is 0 Å².